The molecular formula is C28H40N4O8. The van der Waals surface area contributed by atoms with Gasteiger partial charge in [-0.15, -0.1) is 0 Å². The second-order valence-electron chi connectivity index (χ2n) is 11.1. The van der Waals surface area contributed by atoms with E-state index in [0.29, 0.717) is 44.0 Å². The first-order valence-corrected chi connectivity index (χ1v) is 14.2. The molecule has 4 aliphatic heterocycles. The maximum absolute atomic E-state index is 13.7. The number of aliphatic hydroxyl groups is 2. The number of carbonyl (C=O) groups is 3. The van der Waals surface area contributed by atoms with Crippen molar-refractivity contribution in [3.8, 4) is 5.75 Å². The Balaban J connectivity index is 1.43. The number of hydrogen-bond acceptors (Lipinski definition) is 9. The molecule has 0 unspecified atom stereocenters. The zero-order valence-corrected chi connectivity index (χ0v) is 23.1. The molecule has 3 N–H and O–H groups in total. The summed E-state index contributed by atoms with van der Waals surface area (Å²) in [6.45, 7) is 4.60. The Kier molecular flexibility index (Phi) is 8.91. The third kappa shape index (κ3) is 6.10. The summed E-state index contributed by atoms with van der Waals surface area (Å²) in [7, 11) is 1.55. The van der Waals surface area contributed by atoms with Gasteiger partial charge in [-0.1, -0.05) is 6.92 Å². The van der Waals surface area contributed by atoms with Crippen LogP contribution in [0.3, 0.4) is 0 Å². The maximum atomic E-state index is 13.7. The lowest BCUT2D eigenvalue weighted by atomic mass is 10.0. The van der Waals surface area contributed by atoms with Gasteiger partial charge in [-0.05, 0) is 43.7 Å². The third-order valence-electron chi connectivity index (χ3n) is 8.31. The van der Waals surface area contributed by atoms with Gasteiger partial charge in [0.05, 0.1) is 38.4 Å². The van der Waals surface area contributed by atoms with Crippen LogP contribution in [0.15, 0.2) is 24.3 Å². The van der Waals surface area contributed by atoms with Crippen molar-refractivity contribution in [2.45, 2.75) is 68.8 Å². The SMILES string of the molecule is CCCN1C[C@@H]2C[C@H]1C(=O)N1CCO[C@H](CN(C(=O)c3ccc(OC)cc3)C[C@H]3O[C@@H](CC(=O)N2)[C@H](O)[C@@H]3O)C1. The fourth-order valence-corrected chi connectivity index (χ4v) is 6.27. The summed E-state index contributed by atoms with van der Waals surface area (Å²) >= 11 is 0. The van der Waals surface area contributed by atoms with Gasteiger partial charge < -0.3 is 39.5 Å². The van der Waals surface area contributed by atoms with E-state index in [0.717, 1.165) is 13.0 Å². The molecule has 0 spiro atoms. The third-order valence-corrected chi connectivity index (χ3v) is 8.31. The molecule has 220 valence electrons. The van der Waals surface area contributed by atoms with E-state index in [4.69, 9.17) is 14.2 Å². The van der Waals surface area contributed by atoms with Crippen LogP contribution in [0, 0.1) is 0 Å². The van der Waals surface area contributed by atoms with Gasteiger partial charge in [0.15, 0.2) is 0 Å². The predicted octanol–water partition coefficient (Wildman–Crippen LogP) is -0.773. The first kappa shape index (κ1) is 28.7. The molecule has 7 atom stereocenters. The summed E-state index contributed by atoms with van der Waals surface area (Å²) in [4.78, 5) is 45.8. The van der Waals surface area contributed by atoms with Crippen LogP contribution in [0.1, 0.15) is 36.5 Å². The molecule has 0 radical (unpaired) electrons. The topological polar surface area (TPSA) is 141 Å². The molecule has 0 aromatic heterocycles. The summed E-state index contributed by atoms with van der Waals surface area (Å²) in [6.07, 6.45) is -3.58. The lowest BCUT2D eigenvalue weighted by molar-refractivity contribution is -0.144. The summed E-state index contributed by atoms with van der Waals surface area (Å²) in [5.41, 5.74) is 0.412. The number of hydrogen-bond donors (Lipinski definition) is 3. The smallest absolute Gasteiger partial charge is 0.254 e. The molecule has 12 heteroatoms. The molecule has 12 nitrogen and oxygen atoms in total. The molecule has 1 aromatic carbocycles. The Hall–Kier alpha value is -2.77. The second kappa shape index (κ2) is 12.4. The molecule has 0 aliphatic carbocycles. The Morgan fingerprint density at radius 1 is 1.07 bits per heavy atom. The maximum Gasteiger partial charge on any atom is 0.254 e. The fourth-order valence-electron chi connectivity index (χ4n) is 6.27. The van der Waals surface area contributed by atoms with Gasteiger partial charge in [-0.2, -0.15) is 0 Å². The minimum Gasteiger partial charge on any atom is -0.497 e. The number of nitrogens with zero attached hydrogens (tertiary/aromatic N) is 3. The van der Waals surface area contributed by atoms with Crippen molar-refractivity contribution in [3.63, 3.8) is 0 Å². The molecule has 3 amide bonds. The number of ether oxygens (including phenoxy) is 3. The number of rotatable bonds is 4. The van der Waals surface area contributed by atoms with Crippen molar-refractivity contribution in [2.75, 3.05) is 53.0 Å². The number of nitrogens with one attached hydrogen (secondary N) is 1. The van der Waals surface area contributed by atoms with E-state index >= 15 is 0 Å². The molecule has 4 aliphatic rings. The Morgan fingerprint density at radius 2 is 1.82 bits per heavy atom. The highest BCUT2D eigenvalue weighted by Crippen LogP contribution is 2.27. The van der Waals surface area contributed by atoms with Gasteiger partial charge in [-0.3, -0.25) is 19.3 Å². The lowest BCUT2D eigenvalue weighted by Crippen LogP contribution is -2.55. The van der Waals surface area contributed by atoms with Crippen molar-refractivity contribution in [1.82, 2.24) is 20.0 Å². The highest BCUT2D eigenvalue weighted by Gasteiger charge is 2.46. The molecule has 0 saturated carbocycles. The van der Waals surface area contributed by atoms with Crippen LogP contribution in [-0.2, 0) is 19.1 Å². The van der Waals surface area contributed by atoms with Gasteiger partial charge in [-0.25, -0.2) is 0 Å². The van der Waals surface area contributed by atoms with Crippen LogP contribution in [0.2, 0.25) is 0 Å². The lowest BCUT2D eigenvalue weighted by Gasteiger charge is -2.38. The monoisotopic (exact) mass is 560 g/mol. The van der Waals surface area contributed by atoms with E-state index < -0.39 is 30.5 Å². The van der Waals surface area contributed by atoms with Gasteiger partial charge in [0, 0.05) is 44.3 Å². The molecule has 4 heterocycles. The van der Waals surface area contributed by atoms with Crippen molar-refractivity contribution in [2.24, 2.45) is 0 Å². The number of aliphatic hydroxyl groups excluding tert-OH is 2. The molecule has 5 rings (SSSR count). The minimum absolute atomic E-state index is 0.00729. The quantitative estimate of drug-likeness (QED) is 0.433. The van der Waals surface area contributed by atoms with Crippen LogP contribution in [0.25, 0.3) is 0 Å². The average molecular weight is 561 g/mol. The fraction of sp³-hybridized carbons (Fsp3) is 0.679. The summed E-state index contributed by atoms with van der Waals surface area (Å²) in [5, 5.41) is 24.6. The Labute approximate surface area is 234 Å². The van der Waals surface area contributed by atoms with E-state index in [1.807, 2.05) is 0 Å². The average Bonchev–Trinajstić information content (AvgIpc) is 3.47. The zero-order chi connectivity index (χ0) is 28.4. The number of methoxy groups -OCH3 is 1. The van der Waals surface area contributed by atoms with Crippen LogP contribution >= 0.6 is 0 Å². The molecule has 4 saturated heterocycles. The molecule has 40 heavy (non-hydrogen) atoms. The van der Waals surface area contributed by atoms with Gasteiger partial charge >= 0.3 is 0 Å². The molecule has 6 bridgehead atoms. The van der Waals surface area contributed by atoms with Crippen molar-refractivity contribution in [1.29, 1.82) is 0 Å². The number of fused-ring (bicyclic) bond motifs is 6. The number of amides is 3. The van der Waals surface area contributed by atoms with Gasteiger partial charge in [0.25, 0.3) is 5.91 Å². The van der Waals surface area contributed by atoms with Crippen molar-refractivity contribution in [3.05, 3.63) is 29.8 Å². The number of carbonyl (C=O) groups excluding carboxylic acids is 3. The first-order chi connectivity index (χ1) is 19.3. The summed E-state index contributed by atoms with van der Waals surface area (Å²) in [5.74, 6) is -0.00145. The highest BCUT2D eigenvalue weighted by atomic mass is 16.5. The summed E-state index contributed by atoms with van der Waals surface area (Å²) in [6, 6.07) is 6.15. The molecular weight excluding hydrogens is 520 g/mol. The number of likely N-dealkylation sites (tertiary alicyclic amines) is 1. The van der Waals surface area contributed by atoms with Gasteiger partial charge in [0.1, 0.15) is 24.1 Å². The Bertz CT molecular complexity index is 1070. The zero-order valence-electron chi connectivity index (χ0n) is 23.1. The minimum atomic E-state index is -1.28. The molecule has 4 fully saturated rings. The van der Waals surface area contributed by atoms with Gasteiger partial charge in [0.2, 0.25) is 11.8 Å². The van der Waals surface area contributed by atoms with E-state index in [9.17, 15) is 24.6 Å². The Morgan fingerprint density at radius 3 is 2.55 bits per heavy atom. The van der Waals surface area contributed by atoms with Crippen LogP contribution in [-0.4, -0.2) is 138 Å². The normalized spacial score (nSPS) is 33.6. The van der Waals surface area contributed by atoms with E-state index in [2.05, 4.69) is 17.1 Å². The van der Waals surface area contributed by atoms with Crippen molar-refractivity contribution >= 4 is 17.7 Å². The summed E-state index contributed by atoms with van der Waals surface area (Å²) < 4.78 is 17.2. The van der Waals surface area contributed by atoms with Crippen molar-refractivity contribution < 1.29 is 38.8 Å². The van der Waals surface area contributed by atoms with Crippen LogP contribution in [0.4, 0.5) is 0 Å². The van der Waals surface area contributed by atoms with E-state index in [1.165, 1.54) is 4.90 Å². The largest absolute Gasteiger partial charge is 0.497 e. The second-order valence-corrected chi connectivity index (χ2v) is 11.1. The van der Waals surface area contributed by atoms with E-state index in [1.54, 1.807) is 36.3 Å². The van der Waals surface area contributed by atoms with E-state index in [-0.39, 0.29) is 49.3 Å². The van der Waals surface area contributed by atoms with Crippen LogP contribution in [0.5, 0.6) is 5.75 Å². The number of morpholine rings is 1. The first-order valence-electron chi connectivity index (χ1n) is 14.2. The molecule has 1 aromatic rings. The number of benzene rings is 1. The standard InChI is InChI=1S/C28H40N4O8/c1-3-8-30-13-18-11-21(30)28(37)31-9-10-39-20(14-31)15-32(27(36)17-4-6-19(38-2)7-5-17)16-23-26(35)25(34)22(40-23)12-24(33)29-18/h4-7,18,20-23,25-26,34-35H,3,8-16H2,1-2H3,(H,29,33)/t18-,20-,21-,22-,23+,25-,26+/m0/s1. The van der Waals surface area contributed by atoms with Crippen LogP contribution < -0.4 is 10.1 Å². The highest BCUT2D eigenvalue weighted by molar-refractivity contribution is 5.94. The predicted molar refractivity (Wildman–Crippen MR) is 143 cm³/mol.